The van der Waals surface area contributed by atoms with Crippen molar-refractivity contribution in [3.63, 3.8) is 0 Å². The summed E-state index contributed by atoms with van der Waals surface area (Å²) >= 11 is 1.57. The van der Waals surface area contributed by atoms with Crippen LogP contribution in [-0.4, -0.2) is 87.2 Å². The molecular formula is C40H53N5O4S. The molecule has 0 radical (unpaired) electrons. The molecule has 1 aromatic heterocycles. The lowest BCUT2D eigenvalue weighted by Gasteiger charge is -2.47. The van der Waals surface area contributed by atoms with E-state index < -0.39 is 12.1 Å². The van der Waals surface area contributed by atoms with Crippen LogP contribution in [0.4, 0.5) is 0 Å². The number of aliphatic hydroxyl groups excluding tert-OH is 1. The molecule has 3 aromatic rings. The van der Waals surface area contributed by atoms with E-state index in [2.05, 4.69) is 20.5 Å². The number of hydrogen-bond donors (Lipinski definition) is 3. The maximum absolute atomic E-state index is 14.0. The Labute approximate surface area is 301 Å². The molecule has 50 heavy (non-hydrogen) atoms. The van der Waals surface area contributed by atoms with Crippen LogP contribution >= 0.6 is 11.8 Å². The van der Waals surface area contributed by atoms with Gasteiger partial charge < -0.3 is 20.6 Å². The van der Waals surface area contributed by atoms with Gasteiger partial charge in [-0.3, -0.25) is 24.3 Å². The number of carbonyl (C=O) groups is 3. The molecule has 3 amide bonds. The van der Waals surface area contributed by atoms with Crippen LogP contribution in [0, 0.1) is 18.8 Å². The largest absolute Gasteiger partial charge is 0.390 e. The highest BCUT2D eigenvalue weighted by Crippen LogP contribution is 2.39. The van der Waals surface area contributed by atoms with Crippen molar-refractivity contribution in [2.75, 3.05) is 25.9 Å². The third-order valence-corrected chi connectivity index (χ3v) is 11.1. The summed E-state index contributed by atoms with van der Waals surface area (Å²) in [6.45, 7) is 9.26. The molecule has 0 unspecified atom stereocenters. The lowest BCUT2D eigenvalue weighted by Crippen LogP contribution is -2.60. The Hall–Kier alpha value is -3.73. The summed E-state index contributed by atoms with van der Waals surface area (Å²) in [6.07, 6.45) is 7.93. The molecule has 1 aliphatic carbocycles. The Morgan fingerprint density at radius 1 is 1.02 bits per heavy atom. The molecular weight excluding hydrogens is 647 g/mol. The minimum absolute atomic E-state index is 0.000949. The molecule has 2 heterocycles. The molecule has 1 saturated carbocycles. The van der Waals surface area contributed by atoms with E-state index in [-0.39, 0.29) is 35.8 Å². The third-order valence-electron chi connectivity index (χ3n) is 9.92. The van der Waals surface area contributed by atoms with Crippen molar-refractivity contribution in [3.05, 3.63) is 95.3 Å². The lowest BCUT2D eigenvalue weighted by molar-refractivity contribution is -0.132. The van der Waals surface area contributed by atoms with Crippen LogP contribution < -0.4 is 10.6 Å². The standard InChI is InChI=1S/C40H53N5O4S/c1-27-15-16-30(39(49)44(5)23-28-17-19-41-20-18-28)21-33(27)37(47)42-34(26-50-32-13-7-6-8-14-32)36(46)25-45-24-31-12-10-9-11-29(31)22-35(45)38(48)43-40(2,3)4/h6-8,13-21,29,31,34-36,46H,9-12,22-26H2,1-5H3,(H,42,47)(H,43,48)/t29-,31+,34-,35-,36-/m0/s1. The highest BCUT2D eigenvalue weighted by molar-refractivity contribution is 7.99. The molecule has 2 fully saturated rings. The summed E-state index contributed by atoms with van der Waals surface area (Å²) in [5.41, 5.74) is 2.13. The van der Waals surface area contributed by atoms with Crippen molar-refractivity contribution in [2.24, 2.45) is 11.8 Å². The van der Waals surface area contributed by atoms with Crippen molar-refractivity contribution in [2.45, 2.75) is 95.0 Å². The minimum atomic E-state index is -0.933. The second-order valence-corrected chi connectivity index (χ2v) is 16.2. The number of fused-ring (bicyclic) bond motifs is 1. The first-order chi connectivity index (χ1) is 23.9. The summed E-state index contributed by atoms with van der Waals surface area (Å²) in [5.74, 6) is 0.901. The Bertz CT molecular complexity index is 1600. The van der Waals surface area contributed by atoms with Gasteiger partial charge in [-0.05, 0) is 99.9 Å². The van der Waals surface area contributed by atoms with E-state index in [4.69, 9.17) is 0 Å². The number of benzene rings is 2. The minimum Gasteiger partial charge on any atom is -0.390 e. The van der Waals surface area contributed by atoms with Crippen LogP contribution in [0.5, 0.6) is 0 Å². The quantitative estimate of drug-likeness (QED) is 0.208. The summed E-state index contributed by atoms with van der Waals surface area (Å²) in [7, 11) is 1.74. The molecule has 1 aliphatic heterocycles. The van der Waals surface area contributed by atoms with Crippen molar-refractivity contribution in [3.8, 4) is 0 Å². The van der Waals surface area contributed by atoms with Crippen molar-refractivity contribution in [1.29, 1.82) is 0 Å². The summed E-state index contributed by atoms with van der Waals surface area (Å²) in [4.78, 5) is 49.9. The number of β-amino-alcohol motifs (C(OH)–C–C–N with tert-alkyl or cyclic N) is 1. The monoisotopic (exact) mass is 699 g/mol. The van der Waals surface area contributed by atoms with E-state index in [0.29, 0.717) is 35.3 Å². The first-order valence-corrected chi connectivity index (χ1v) is 18.8. The summed E-state index contributed by atoms with van der Waals surface area (Å²) < 4.78 is 0. The normalized spacial score (nSPS) is 20.6. The van der Waals surface area contributed by atoms with Gasteiger partial charge in [0.2, 0.25) is 5.91 Å². The van der Waals surface area contributed by atoms with Crippen molar-refractivity contribution >= 4 is 29.5 Å². The van der Waals surface area contributed by atoms with Gasteiger partial charge >= 0.3 is 0 Å². The van der Waals surface area contributed by atoms with Crippen LogP contribution in [0.15, 0.2) is 78.0 Å². The number of carbonyl (C=O) groups excluding carboxylic acids is 3. The number of aromatic nitrogens is 1. The maximum Gasteiger partial charge on any atom is 0.253 e. The second-order valence-electron chi connectivity index (χ2n) is 15.1. The first-order valence-electron chi connectivity index (χ1n) is 17.9. The third kappa shape index (κ3) is 10.2. The van der Waals surface area contributed by atoms with Crippen molar-refractivity contribution < 1.29 is 19.5 Å². The molecule has 0 bridgehead atoms. The zero-order valence-corrected chi connectivity index (χ0v) is 30.9. The van der Waals surface area contributed by atoms with E-state index in [1.54, 1.807) is 54.3 Å². The highest BCUT2D eigenvalue weighted by Gasteiger charge is 2.42. The second kappa shape index (κ2) is 17.0. The number of likely N-dealkylation sites (tertiary alicyclic amines) is 1. The van der Waals surface area contributed by atoms with E-state index in [1.165, 1.54) is 12.8 Å². The number of aryl methyl sites for hydroxylation is 1. The number of nitrogens with one attached hydrogen (secondary N) is 2. The predicted octanol–water partition coefficient (Wildman–Crippen LogP) is 5.71. The SMILES string of the molecule is Cc1ccc(C(=O)N(C)Cc2ccncc2)cc1C(=O)N[C@@H](CSc1ccccc1)[C@@H](O)CN1C[C@H]2CCCC[C@H]2C[C@H]1C(=O)NC(C)(C)C. The Kier molecular flexibility index (Phi) is 12.7. The number of thioether (sulfide) groups is 1. The number of pyridine rings is 1. The maximum atomic E-state index is 14.0. The van der Waals surface area contributed by atoms with E-state index in [0.717, 1.165) is 41.8 Å². The fourth-order valence-corrected chi connectivity index (χ4v) is 8.27. The summed E-state index contributed by atoms with van der Waals surface area (Å²) in [5, 5.41) is 18.2. The Morgan fingerprint density at radius 3 is 2.42 bits per heavy atom. The number of nitrogens with zero attached hydrogens (tertiary/aromatic N) is 3. The highest BCUT2D eigenvalue weighted by atomic mass is 32.2. The van der Waals surface area contributed by atoms with Gasteiger partial charge in [0.25, 0.3) is 11.8 Å². The Balaban J connectivity index is 1.35. The summed E-state index contributed by atoms with van der Waals surface area (Å²) in [6, 6.07) is 17.9. The van der Waals surface area contributed by atoms with E-state index in [1.807, 2.05) is 70.2 Å². The zero-order valence-electron chi connectivity index (χ0n) is 30.1. The predicted molar refractivity (Wildman–Crippen MR) is 199 cm³/mol. The van der Waals surface area contributed by atoms with Crippen LogP contribution in [0.2, 0.25) is 0 Å². The smallest absolute Gasteiger partial charge is 0.253 e. The fraction of sp³-hybridized carbons (Fsp3) is 0.500. The van der Waals surface area contributed by atoms with Gasteiger partial charge in [-0.25, -0.2) is 0 Å². The number of piperidine rings is 1. The van der Waals surface area contributed by atoms with E-state index >= 15 is 0 Å². The van der Waals surface area contributed by atoms with Crippen LogP contribution in [0.1, 0.15) is 84.7 Å². The van der Waals surface area contributed by atoms with Gasteiger partial charge in [0.1, 0.15) is 0 Å². The average Bonchev–Trinajstić information content (AvgIpc) is 3.09. The average molecular weight is 700 g/mol. The molecule has 5 atom stereocenters. The number of rotatable bonds is 12. The van der Waals surface area contributed by atoms with Crippen molar-refractivity contribution in [1.82, 2.24) is 25.4 Å². The number of hydrogen-bond acceptors (Lipinski definition) is 7. The molecule has 0 spiro atoms. The first kappa shape index (κ1) is 37.5. The molecule has 2 aromatic carbocycles. The van der Waals surface area contributed by atoms with Crippen LogP contribution in [0.25, 0.3) is 0 Å². The Morgan fingerprint density at radius 2 is 1.72 bits per heavy atom. The molecule has 1 saturated heterocycles. The van der Waals surface area contributed by atoms with Gasteiger partial charge in [0.05, 0.1) is 18.2 Å². The topological polar surface area (TPSA) is 115 Å². The number of aliphatic hydroxyl groups is 1. The van der Waals surface area contributed by atoms with Gasteiger partial charge in [-0.1, -0.05) is 43.5 Å². The van der Waals surface area contributed by atoms with E-state index in [9.17, 15) is 19.5 Å². The van der Waals surface area contributed by atoms with Crippen LogP contribution in [0.3, 0.4) is 0 Å². The number of amides is 3. The fourth-order valence-electron chi connectivity index (χ4n) is 7.25. The lowest BCUT2D eigenvalue weighted by atomic mass is 9.72. The molecule has 2 aliphatic rings. The molecule has 268 valence electrons. The van der Waals surface area contributed by atoms with Gasteiger partial charge in [0.15, 0.2) is 0 Å². The van der Waals surface area contributed by atoms with Gasteiger partial charge in [-0.15, -0.1) is 11.8 Å². The molecule has 5 rings (SSSR count). The molecule has 9 nitrogen and oxygen atoms in total. The zero-order chi connectivity index (χ0) is 35.8. The van der Waals surface area contributed by atoms with Gasteiger partial charge in [0, 0.05) is 66.4 Å². The molecule has 10 heteroatoms. The van der Waals surface area contributed by atoms with Crippen LogP contribution in [-0.2, 0) is 11.3 Å². The molecule has 3 N–H and O–H groups in total. The van der Waals surface area contributed by atoms with Gasteiger partial charge in [-0.2, -0.15) is 0 Å².